The largest absolute Gasteiger partial charge is 0.494 e. The van der Waals surface area contributed by atoms with Crippen molar-refractivity contribution < 1.29 is 9.53 Å². The third kappa shape index (κ3) is 3.13. The summed E-state index contributed by atoms with van der Waals surface area (Å²) in [7, 11) is 3.22. The number of ether oxygens (including phenoxy) is 1. The van der Waals surface area contributed by atoms with E-state index in [2.05, 4.69) is 19.2 Å². The number of carbonyl (C=O) groups excluding carboxylic acids is 1. The molecular formula is C21H20N2O2S3. The first-order valence-corrected chi connectivity index (χ1v) is 11.6. The van der Waals surface area contributed by atoms with Crippen LogP contribution in [0.25, 0.3) is 11.1 Å². The molecule has 1 aliphatic heterocycles. The number of nitrogens with one attached hydrogen (secondary N) is 1. The first kappa shape index (κ1) is 19.1. The lowest BCUT2D eigenvalue weighted by Gasteiger charge is -2.42. The Balaban J connectivity index is 1.86. The van der Waals surface area contributed by atoms with Crippen LogP contribution in [0.5, 0.6) is 5.75 Å². The Labute approximate surface area is 176 Å². The van der Waals surface area contributed by atoms with Gasteiger partial charge in [0.05, 0.1) is 22.7 Å². The summed E-state index contributed by atoms with van der Waals surface area (Å²) >= 11 is 5.64. The molecular weight excluding hydrogens is 408 g/mol. The molecule has 4 rings (SSSR count). The molecule has 2 aromatic carbocycles. The minimum Gasteiger partial charge on any atom is -0.494 e. The SMILES string of the molecule is CCOc1ccc2c(c1)-c1c(ssc1=S)C(C)(C)N2C(=O)Nc1ccccc1. The number of carbonyl (C=O) groups is 1. The number of hydrogen-bond donors (Lipinski definition) is 1. The molecule has 0 spiro atoms. The zero-order chi connectivity index (χ0) is 19.9. The number of benzene rings is 2. The molecule has 0 saturated heterocycles. The summed E-state index contributed by atoms with van der Waals surface area (Å²) in [6.07, 6.45) is 0. The number of amides is 2. The topological polar surface area (TPSA) is 41.6 Å². The number of para-hydroxylation sites is 1. The van der Waals surface area contributed by atoms with Gasteiger partial charge in [-0.3, -0.25) is 4.90 Å². The Hall–Kier alpha value is -2.22. The normalized spacial score (nSPS) is 14.2. The molecule has 4 nitrogen and oxygen atoms in total. The number of fused-ring (bicyclic) bond motifs is 3. The van der Waals surface area contributed by atoms with Crippen molar-refractivity contribution in [2.45, 2.75) is 26.3 Å². The summed E-state index contributed by atoms with van der Waals surface area (Å²) < 4.78 is 6.55. The van der Waals surface area contributed by atoms with Gasteiger partial charge in [-0.1, -0.05) is 51.1 Å². The second-order valence-electron chi connectivity index (χ2n) is 6.96. The minimum absolute atomic E-state index is 0.170. The number of nitrogens with zero attached hydrogens (tertiary/aromatic N) is 1. The fourth-order valence-corrected chi connectivity index (χ4v) is 6.81. The van der Waals surface area contributed by atoms with E-state index in [1.54, 1.807) is 20.7 Å². The Kier molecular flexibility index (Phi) is 4.99. The maximum absolute atomic E-state index is 13.3. The van der Waals surface area contributed by atoms with Crippen LogP contribution < -0.4 is 15.0 Å². The summed E-state index contributed by atoms with van der Waals surface area (Å²) in [6, 6.07) is 15.2. The highest BCUT2D eigenvalue weighted by atomic mass is 32.9. The van der Waals surface area contributed by atoms with Gasteiger partial charge in [0.25, 0.3) is 0 Å². The summed E-state index contributed by atoms with van der Waals surface area (Å²) in [4.78, 5) is 16.3. The van der Waals surface area contributed by atoms with Gasteiger partial charge in [-0.2, -0.15) is 0 Å². The number of hydrogen-bond acceptors (Lipinski definition) is 5. The van der Waals surface area contributed by atoms with Crippen molar-refractivity contribution in [2.75, 3.05) is 16.8 Å². The predicted octanol–water partition coefficient (Wildman–Crippen LogP) is 6.89. The molecule has 2 heterocycles. The molecule has 3 aromatic rings. The van der Waals surface area contributed by atoms with Crippen molar-refractivity contribution in [3.8, 4) is 16.9 Å². The molecule has 7 heteroatoms. The van der Waals surface area contributed by atoms with Crippen LogP contribution in [0.3, 0.4) is 0 Å². The maximum Gasteiger partial charge on any atom is 0.327 e. The van der Waals surface area contributed by atoms with Crippen molar-refractivity contribution in [3.63, 3.8) is 0 Å². The summed E-state index contributed by atoms with van der Waals surface area (Å²) in [6.45, 7) is 6.67. The van der Waals surface area contributed by atoms with E-state index in [9.17, 15) is 4.79 Å². The lowest BCUT2D eigenvalue weighted by molar-refractivity contribution is 0.251. The molecule has 0 bridgehead atoms. The van der Waals surface area contributed by atoms with Gasteiger partial charge in [0.2, 0.25) is 0 Å². The Morgan fingerprint density at radius 1 is 1.18 bits per heavy atom. The molecule has 1 aromatic heterocycles. The molecule has 0 atom stereocenters. The van der Waals surface area contributed by atoms with Crippen LogP contribution in [-0.2, 0) is 5.54 Å². The van der Waals surface area contributed by atoms with E-state index in [4.69, 9.17) is 17.0 Å². The van der Waals surface area contributed by atoms with Gasteiger partial charge in [0.15, 0.2) is 0 Å². The van der Waals surface area contributed by atoms with E-state index in [0.29, 0.717) is 6.61 Å². The second kappa shape index (κ2) is 7.31. The molecule has 0 aliphatic carbocycles. The zero-order valence-electron chi connectivity index (χ0n) is 15.8. The highest BCUT2D eigenvalue weighted by molar-refractivity contribution is 7.80. The van der Waals surface area contributed by atoms with E-state index < -0.39 is 5.54 Å². The fraction of sp³-hybridized carbons (Fsp3) is 0.238. The quantitative estimate of drug-likeness (QED) is 0.365. The van der Waals surface area contributed by atoms with Crippen LogP contribution in [-0.4, -0.2) is 12.6 Å². The van der Waals surface area contributed by atoms with Crippen molar-refractivity contribution >= 4 is 50.3 Å². The lowest BCUT2D eigenvalue weighted by atomic mass is 9.87. The molecule has 1 N–H and O–H groups in total. The molecule has 0 fully saturated rings. The Bertz CT molecular complexity index is 1090. The molecule has 0 saturated carbocycles. The number of rotatable bonds is 3. The molecule has 2 amide bonds. The molecule has 0 unspecified atom stereocenters. The average molecular weight is 429 g/mol. The smallest absolute Gasteiger partial charge is 0.327 e. The lowest BCUT2D eigenvalue weighted by Crippen LogP contribution is -2.49. The number of anilines is 2. The molecule has 28 heavy (non-hydrogen) atoms. The van der Waals surface area contributed by atoms with Crippen LogP contribution in [0.15, 0.2) is 48.5 Å². The van der Waals surface area contributed by atoms with Gasteiger partial charge in [0, 0.05) is 16.8 Å². The van der Waals surface area contributed by atoms with Crippen LogP contribution in [0.4, 0.5) is 16.2 Å². The third-order valence-electron chi connectivity index (χ3n) is 4.76. The van der Waals surface area contributed by atoms with Crippen LogP contribution in [0, 0.1) is 3.82 Å². The van der Waals surface area contributed by atoms with Crippen LogP contribution in [0.1, 0.15) is 25.6 Å². The highest BCUT2D eigenvalue weighted by Crippen LogP contribution is 2.52. The van der Waals surface area contributed by atoms with E-state index in [1.165, 1.54) is 0 Å². The Morgan fingerprint density at radius 2 is 1.93 bits per heavy atom. The first-order chi connectivity index (χ1) is 13.4. The summed E-state index contributed by atoms with van der Waals surface area (Å²) in [5.41, 5.74) is 3.08. The summed E-state index contributed by atoms with van der Waals surface area (Å²) in [5, 5.41) is 3.02. The van der Waals surface area contributed by atoms with Gasteiger partial charge >= 0.3 is 6.03 Å². The van der Waals surface area contributed by atoms with E-state index in [1.807, 2.05) is 60.4 Å². The standard InChI is InChI=1S/C21H20N2O2S3/c1-4-25-14-10-11-16-15(12-14)17-18(27-28-19(17)26)21(2,3)23(16)20(24)22-13-8-6-5-7-9-13/h5-12H,4H2,1-3H3,(H,22,24). The predicted molar refractivity (Wildman–Crippen MR) is 121 cm³/mol. The van der Waals surface area contributed by atoms with Gasteiger partial charge in [0.1, 0.15) is 9.57 Å². The highest BCUT2D eigenvalue weighted by Gasteiger charge is 2.43. The fourth-order valence-electron chi connectivity index (χ4n) is 3.53. The van der Waals surface area contributed by atoms with E-state index in [0.717, 1.165) is 37.0 Å². The maximum atomic E-state index is 13.3. The van der Waals surface area contributed by atoms with Gasteiger partial charge < -0.3 is 10.1 Å². The summed E-state index contributed by atoms with van der Waals surface area (Å²) in [5.74, 6) is 0.779. The van der Waals surface area contributed by atoms with Crippen molar-refractivity contribution in [1.82, 2.24) is 0 Å². The van der Waals surface area contributed by atoms with E-state index in [-0.39, 0.29) is 6.03 Å². The first-order valence-electron chi connectivity index (χ1n) is 9.00. The number of urea groups is 1. The van der Waals surface area contributed by atoms with Crippen molar-refractivity contribution in [3.05, 3.63) is 57.2 Å². The van der Waals surface area contributed by atoms with Crippen LogP contribution >= 0.6 is 32.9 Å². The molecule has 144 valence electrons. The van der Waals surface area contributed by atoms with E-state index >= 15 is 0 Å². The zero-order valence-corrected chi connectivity index (χ0v) is 18.3. The van der Waals surface area contributed by atoms with Crippen molar-refractivity contribution in [1.29, 1.82) is 0 Å². The minimum atomic E-state index is -0.521. The van der Waals surface area contributed by atoms with Gasteiger partial charge in [-0.15, -0.1) is 0 Å². The Morgan fingerprint density at radius 3 is 2.64 bits per heavy atom. The van der Waals surface area contributed by atoms with Crippen LogP contribution in [0.2, 0.25) is 0 Å². The molecule has 0 radical (unpaired) electrons. The molecule has 1 aliphatic rings. The average Bonchev–Trinajstić information content (AvgIpc) is 3.06. The monoisotopic (exact) mass is 428 g/mol. The van der Waals surface area contributed by atoms with Gasteiger partial charge in [-0.25, -0.2) is 4.79 Å². The van der Waals surface area contributed by atoms with Gasteiger partial charge in [-0.05, 0) is 51.1 Å². The third-order valence-corrected chi connectivity index (χ3v) is 8.09. The van der Waals surface area contributed by atoms with Crippen molar-refractivity contribution in [2.24, 2.45) is 0 Å². The second-order valence-corrected chi connectivity index (χ2v) is 9.78.